The molecule has 1 heterocycles. The molecule has 4 aliphatic carbocycles. The van der Waals surface area contributed by atoms with Gasteiger partial charge in [-0.25, -0.2) is 0 Å². The Morgan fingerprint density at radius 2 is 1.88 bits per heavy atom. The highest BCUT2D eigenvalue weighted by atomic mass is 16.9. The number of aliphatic hydroxyl groups is 2. The van der Waals surface area contributed by atoms with Crippen LogP contribution in [-0.4, -0.2) is 107 Å². The van der Waals surface area contributed by atoms with Crippen molar-refractivity contribution in [1.29, 1.82) is 0 Å². The van der Waals surface area contributed by atoms with E-state index in [1.54, 1.807) is 12.2 Å². The number of ether oxygens (including phenoxy) is 1. The van der Waals surface area contributed by atoms with Crippen LogP contribution >= 0.6 is 0 Å². The minimum Gasteiger partial charge on any atom is -0.457 e. The summed E-state index contributed by atoms with van der Waals surface area (Å²) in [5, 5.41) is 32.8. The number of Topliss-reactive ketones (excluding diaryl/α,β-unsaturated/α-hetero) is 1. The van der Waals surface area contributed by atoms with Crippen molar-refractivity contribution in [2.45, 2.75) is 64.1 Å². The van der Waals surface area contributed by atoms with E-state index in [1.807, 2.05) is 17.9 Å². The maximum absolute atomic E-state index is 13.5. The number of hydrogen-bond acceptors (Lipinski definition) is 11. The molecule has 0 aromatic heterocycles. The lowest BCUT2D eigenvalue weighted by atomic mass is 9.46. The van der Waals surface area contributed by atoms with Gasteiger partial charge in [-0.1, -0.05) is 25.5 Å². The summed E-state index contributed by atoms with van der Waals surface area (Å²) in [6.45, 7) is 6.91. The topological polar surface area (TPSA) is 160 Å². The third-order valence-electron chi connectivity index (χ3n) is 11.1. The summed E-state index contributed by atoms with van der Waals surface area (Å²) in [4.78, 5) is 56.8. The van der Waals surface area contributed by atoms with Crippen molar-refractivity contribution in [3.8, 4) is 0 Å². The number of ketones is 2. The van der Waals surface area contributed by atoms with Crippen LogP contribution in [0.5, 0.6) is 0 Å². The van der Waals surface area contributed by atoms with Crippen LogP contribution < -0.4 is 0 Å². The molecule has 4 fully saturated rings. The van der Waals surface area contributed by atoms with E-state index in [0.29, 0.717) is 45.6 Å². The van der Waals surface area contributed by atoms with Crippen molar-refractivity contribution in [3.63, 3.8) is 0 Å². The van der Waals surface area contributed by atoms with Crippen LogP contribution in [0.15, 0.2) is 23.8 Å². The van der Waals surface area contributed by atoms with E-state index >= 15 is 0 Å². The van der Waals surface area contributed by atoms with Crippen LogP contribution in [0.2, 0.25) is 0 Å². The van der Waals surface area contributed by atoms with Gasteiger partial charge in [0.25, 0.3) is 5.09 Å². The van der Waals surface area contributed by atoms with Crippen LogP contribution in [-0.2, 0) is 24.0 Å². The monoisotopic (exact) mass is 589 g/mol. The first-order chi connectivity index (χ1) is 19.9. The Hall–Kier alpha value is -2.67. The number of aliphatic hydroxyl groups excluding tert-OH is 1. The SMILES string of the molecule is C[C@]12C=CC(=O)C=C1CC[C@@H]1[C@@H]2[C@@H](O)C[C@@]2(C)[C@H]1CC[C@]2(O)C(=O)COC(=O)CN1CCN(CCCO[N+](=O)[O-])CC1. The lowest BCUT2D eigenvalue weighted by Gasteiger charge is -2.59. The molecular formula is C30H43N3O9. The molecule has 232 valence electrons. The van der Waals surface area contributed by atoms with E-state index in [0.717, 1.165) is 18.4 Å². The predicted molar refractivity (Wildman–Crippen MR) is 149 cm³/mol. The summed E-state index contributed by atoms with van der Waals surface area (Å²) in [5.74, 6) is -1.03. The second kappa shape index (κ2) is 11.8. The molecule has 2 N–H and O–H groups in total. The Morgan fingerprint density at radius 1 is 1.17 bits per heavy atom. The van der Waals surface area contributed by atoms with Gasteiger partial charge in [0.15, 0.2) is 12.4 Å². The zero-order valence-electron chi connectivity index (χ0n) is 24.5. The van der Waals surface area contributed by atoms with Crippen LogP contribution in [0, 0.1) is 38.7 Å². The number of carbonyl (C=O) groups is 3. The summed E-state index contributed by atoms with van der Waals surface area (Å²) in [6.07, 6.45) is 7.76. The second-order valence-electron chi connectivity index (χ2n) is 13.2. The summed E-state index contributed by atoms with van der Waals surface area (Å²) < 4.78 is 5.37. The van der Waals surface area contributed by atoms with Gasteiger partial charge >= 0.3 is 5.97 Å². The van der Waals surface area contributed by atoms with Crippen LogP contribution in [0.3, 0.4) is 0 Å². The first-order valence-electron chi connectivity index (χ1n) is 15.1. The fraction of sp³-hybridized carbons (Fsp3) is 0.767. The van der Waals surface area contributed by atoms with Crippen molar-refractivity contribution in [2.24, 2.45) is 28.6 Å². The molecule has 0 amide bonds. The number of hydrogen-bond donors (Lipinski definition) is 2. The minimum absolute atomic E-state index is 0.0216. The average Bonchev–Trinajstić information content (AvgIpc) is 3.21. The van der Waals surface area contributed by atoms with Gasteiger partial charge in [0.2, 0.25) is 5.78 Å². The first kappa shape index (κ1) is 30.8. The van der Waals surface area contributed by atoms with Crippen LogP contribution in [0.1, 0.15) is 52.4 Å². The fourth-order valence-corrected chi connectivity index (χ4v) is 8.88. The van der Waals surface area contributed by atoms with Crippen molar-refractivity contribution < 1.29 is 39.3 Å². The van der Waals surface area contributed by atoms with Gasteiger partial charge in [-0.15, -0.1) is 10.1 Å². The lowest BCUT2D eigenvalue weighted by Crippen LogP contribution is -2.61. The third-order valence-corrected chi connectivity index (χ3v) is 11.1. The number of esters is 1. The van der Waals surface area contributed by atoms with E-state index in [4.69, 9.17) is 4.74 Å². The molecule has 1 aliphatic heterocycles. The molecule has 0 aromatic carbocycles. The van der Waals surface area contributed by atoms with Crippen LogP contribution in [0.4, 0.5) is 0 Å². The smallest absolute Gasteiger partial charge is 0.320 e. The normalized spacial score (nSPS) is 38.2. The van der Waals surface area contributed by atoms with E-state index in [9.17, 15) is 34.7 Å². The average molecular weight is 590 g/mol. The number of rotatable bonds is 10. The zero-order chi connectivity index (χ0) is 30.3. The Kier molecular flexibility index (Phi) is 8.63. The van der Waals surface area contributed by atoms with Gasteiger partial charge in [0.1, 0.15) is 5.60 Å². The molecule has 5 aliphatic rings. The molecule has 0 unspecified atom stereocenters. The van der Waals surface area contributed by atoms with Crippen molar-refractivity contribution >= 4 is 17.5 Å². The predicted octanol–water partition coefficient (Wildman–Crippen LogP) is 1.32. The van der Waals surface area contributed by atoms with Crippen molar-refractivity contribution in [2.75, 3.05) is 52.5 Å². The molecule has 42 heavy (non-hydrogen) atoms. The molecule has 0 radical (unpaired) electrons. The number of fused-ring (bicyclic) bond motifs is 5. The van der Waals surface area contributed by atoms with Gasteiger partial charge < -0.3 is 24.7 Å². The summed E-state index contributed by atoms with van der Waals surface area (Å²) in [6, 6.07) is 0. The van der Waals surface area contributed by atoms with Gasteiger partial charge in [0.05, 0.1) is 19.3 Å². The standard InChI is InChI=1S/C30H43N3O9/c1-28-8-6-21(34)16-20(28)4-5-22-23-7-9-30(38,29(23,2)17-24(35)27(22)28)25(36)19-41-26(37)18-32-13-11-31(12-14-32)10-3-15-42-33(39)40/h6,8,16,22-24,27,35,38H,3-5,7,9-15,17-19H2,1-2H3/t22-,23-,24-,27+,28-,29-,30-/m0/s1. The number of carbonyl (C=O) groups excluding carboxylic acids is 3. The Bertz CT molecular complexity index is 1160. The van der Waals surface area contributed by atoms with Gasteiger partial charge in [-0.05, 0) is 62.5 Å². The Morgan fingerprint density at radius 3 is 2.60 bits per heavy atom. The van der Waals surface area contributed by atoms with E-state index in [2.05, 4.69) is 16.7 Å². The second-order valence-corrected chi connectivity index (χ2v) is 13.2. The lowest BCUT2D eigenvalue weighted by molar-refractivity contribution is -0.757. The van der Waals surface area contributed by atoms with Crippen molar-refractivity contribution in [1.82, 2.24) is 9.80 Å². The highest BCUT2D eigenvalue weighted by molar-refractivity contribution is 6.01. The largest absolute Gasteiger partial charge is 0.457 e. The number of allylic oxidation sites excluding steroid dienone is 4. The quantitative estimate of drug-likeness (QED) is 0.164. The number of piperazine rings is 1. The van der Waals surface area contributed by atoms with E-state index in [1.165, 1.54) is 0 Å². The molecule has 7 atom stereocenters. The summed E-state index contributed by atoms with van der Waals surface area (Å²) in [7, 11) is 0. The zero-order valence-corrected chi connectivity index (χ0v) is 24.5. The number of nitrogens with zero attached hydrogens (tertiary/aromatic N) is 3. The van der Waals surface area contributed by atoms with Gasteiger partial charge in [-0.3, -0.25) is 19.3 Å². The van der Waals surface area contributed by atoms with Gasteiger partial charge in [0, 0.05) is 49.5 Å². The maximum Gasteiger partial charge on any atom is 0.320 e. The van der Waals surface area contributed by atoms with Crippen molar-refractivity contribution in [3.05, 3.63) is 33.9 Å². The molecule has 1 saturated heterocycles. The minimum atomic E-state index is -1.69. The molecule has 12 heteroatoms. The summed E-state index contributed by atoms with van der Waals surface area (Å²) in [5.41, 5.74) is -1.90. The third kappa shape index (κ3) is 5.54. The maximum atomic E-state index is 13.5. The fourth-order valence-electron chi connectivity index (χ4n) is 8.88. The summed E-state index contributed by atoms with van der Waals surface area (Å²) >= 11 is 0. The molecule has 5 rings (SSSR count). The van der Waals surface area contributed by atoms with Crippen LogP contribution in [0.25, 0.3) is 0 Å². The molecular weight excluding hydrogens is 546 g/mol. The highest BCUT2D eigenvalue weighted by Crippen LogP contribution is 2.67. The Balaban J connectivity index is 1.14. The first-order valence-corrected chi connectivity index (χ1v) is 15.1. The highest BCUT2D eigenvalue weighted by Gasteiger charge is 2.68. The Labute approximate surface area is 245 Å². The molecule has 12 nitrogen and oxygen atoms in total. The molecule has 0 bridgehead atoms. The molecule has 0 aromatic rings. The van der Waals surface area contributed by atoms with E-state index < -0.39 is 46.0 Å². The van der Waals surface area contributed by atoms with Gasteiger partial charge in [-0.2, -0.15) is 0 Å². The van der Waals surface area contributed by atoms with E-state index in [-0.39, 0.29) is 49.5 Å². The molecule has 0 spiro atoms. The molecule has 3 saturated carbocycles.